The summed E-state index contributed by atoms with van der Waals surface area (Å²) in [7, 11) is 0. The van der Waals surface area contributed by atoms with Crippen LogP contribution in [0.15, 0.2) is 24.3 Å². The van der Waals surface area contributed by atoms with Crippen molar-refractivity contribution in [1.82, 2.24) is 5.32 Å². The van der Waals surface area contributed by atoms with Crippen LogP contribution in [0.25, 0.3) is 0 Å². The summed E-state index contributed by atoms with van der Waals surface area (Å²) in [5.41, 5.74) is 2.07. The van der Waals surface area contributed by atoms with Crippen LogP contribution < -0.4 is 10.6 Å². The molecule has 1 aromatic carbocycles. The summed E-state index contributed by atoms with van der Waals surface area (Å²) < 4.78 is 0. The van der Waals surface area contributed by atoms with E-state index in [0.717, 1.165) is 25.2 Å². The van der Waals surface area contributed by atoms with Gasteiger partial charge < -0.3 is 10.6 Å². The number of halogens is 1. The zero-order chi connectivity index (χ0) is 12.1. The predicted octanol–water partition coefficient (Wildman–Crippen LogP) is 2.75. The SMILES string of the molecule is Cc1cccc(NC(=O)CCC2CCNC2)c1.Cl. The maximum absolute atomic E-state index is 11.7. The van der Waals surface area contributed by atoms with E-state index in [9.17, 15) is 4.79 Å². The standard InChI is InChI=1S/C14H20N2O.ClH/c1-11-3-2-4-13(9-11)16-14(17)6-5-12-7-8-15-10-12;/h2-4,9,12,15H,5-8,10H2,1H3,(H,16,17);1H. The number of nitrogens with one attached hydrogen (secondary N) is 2. The predicted molar refractivity (Wildman–Crippen MR) is 77.3 cm³/mol. The molecule has 0 saturated carbocycles. The first-order valence-electron chi connectivity index (χ1n) is 6.31. The van der Waals surface area contributed by atoms with Gasteiger partial charge in [0.25, 0.3) is 0 Å². The Labute approximate surface area is 115 Å². The van der Waals surface area contributed by atoms with Gasteiger partial charge in [-0.2, -0.15) is 0 Å². The Bertz CT molecular complexity index is 389. The maximum atomic E-state index is 11.7. The topological polar surface area (TPSA) is 41.1 Å². The van der Waals surface area contributed by atoms with Crippen LogP contribution in [0.2, 0.25) is 0 Å². The van der Waals surface area contributed by atoms with Crippen molar-refractivity contribution in [3.63, 3.8) is 0 Å². The molecule has 100 valence electrons. The second kappa shape index (κ2) is 7.39. The van der Waals surface area contributed by atoms with Crippen molar-refractivity contribution in [3.05, 3.63) is 29.8 Å². The van der Waals surface area contributed by atoms with Crippen LogP contribution in [-0.4, -0.2) is 19.0 Å². The fraction of sp³-hybridized carbons (Fsp3) is 0.500. The smallest absolute Gasteiger partial charge is 0.224 e. The normalized spacial score (nSPS) is 18.2. The van der Waals surface area contributed by atoms with Crippen molar-refractivity contribution in [3.8, 4) is 0 Å². The van der Waals surface area contributed by atoms with Gasteiger partial charge in [0.05, 0.1) is 0 Å². The van der Waals surface area contributed by atoms with Gasteiger partial charge in [-0.15, -0.1) is 12.4 Å². The third-order valence-electron chi connectivity index (χ3n) is 3.24. The monoisotopic (exact) mass is 268 g/mol. The first kappa shape index (κ1) is 15.0. The average molecular weight is 269 g/mol. The number of benzene rings is 1. The minimum absolute atomic E-state index is 0. The lowest BCUT2D eigenvalue weighted by Crippen LogP contribution is -2.15. The fourth-order valence-electron chi connectivity index (χ4n) is 2.24. The van der Waals surface area contributed by atoms with Crippen LogP contribution >= 0.6 is 12.4 Å². The Balaban J connectivity index is 0.00000162. The Morgan fingerprint density at radius 2 is 2.33 bits per heavy atom. The Hall–Kier alpha value is -1.06. The molecule has 1 atom stereocenters. The van der Waals surface area contributed by atoms with Crippen LogP contribution in [0.1, 0.15) is 24.8 Å². The van der Waals surface area contributed by atoms with Gasteiger partial charge in [-0.05, 0) is 56.5 Å². The van der Waals surface area contributed by atoms with Crippen LogP contribution in [-0.2, 0) is 4.79 Å². The number of hydrogen-bond acceptors (Lipinski definition) is 2. The maximum Gasteiger partial charge on any atom is 0.224 e. The van der Waals surface area contributed by atoms with E-state index in [1.807, 2.05) is 31.2 Å². The highest BCUT2D eigenvalue weighted by atomic mass is 35.5. The molecule has 4 heteroatoms. The van der Waals surface area contributed by atoms with Crippen molar-refractivity contribution in [2.24, 2.45) is 5.92 Å². The lowest BCUT2D eigenvalue weighted by molar-refractivity contribution is -0.116. The first-order valence-corrected chi connectivity index (χ1v) is 6.31. The second-order valence-electron chi connectivity index (χ2n) is 4.82. The number of aryl methyl sites for hydroxylation is 1. The summed E-state index contributed by atoms with van der Waals surface area (Å²) in [6.45, 7) is 4.20. The molecule has 18 heavy (non-hydrogen) atoms. The number of amides is 1. The highest BCUT2D eigenvalue weighted by molar-refractivity contribution is 5.90. The van der Waals surface area contributed by atoms with Crippen LogP contribution in [0.4, 0.5) is 5.69 Å². The molecule has 0 aromatic heterocycles. The summed E-state index contributed by atoms with van der Waals surface area (Å²) in [6, 6.07) is 7.92. The summed E-state index contributed by atoms with van der Waals surface area (Å²) in [5, 5.41) is 6.27. The molecule has 2 N–H and O–H groups in total. The molecule has 1 aromatic rings. The Morgan fingerprint density at radius 3 is 3.00 bits per heavy atom. The largest absolute Gasteiger partial charge is 0.326 e. The highest BCUT2D eigenvalue weighted by Gasteiger charge is 2.15. The van der Waals surface area contributed by atoms with Crippen LogP contribution in [0, 0.1) is 12.8 Å². The van der Waals surface area contributed by atoms with Crippen molar-refractivity contribution in [1.29, 1.82) is 0 Å². The third-order valence-corrected chi connectivity index (χ3v) is 3.24. The van der Waals surface area contributed by atoms with Gasteiger partial charge >= 0.3 is 0 Å². The molecule has 1 amide bonds. The molecule has 0 spiro atoms. The Morgan fingerprint density at radius 1 is 1.50 bits per heavy atom. The molecule has 0 aliphatic carbocycles. The highest BCUT2D eigenvalue weighted by Crippen LogP contribution is 2.15. The van der Waals surface area contributed by atoms with Gasteiger partial charge in [-0.1, -0.05) is 12.1 Å². The zero-order valence-corrected chi connectivity index (χ0v) is 11.6. The molecular formula is C14H21ClN2O. The van der Waals surface area contributed by atoms with E-state index in [1.165, 1.54) is 12.0 Å². The van der Waals surface area contributed by atoms with E-state index < -0.39 is 0 Å². The average Bonchev–Trinajstić information content (AvgIpc) is 2.79. The van der Waals surface area contributed by atoms with Gasteiger partial charge in [-0.3, -0.25) is 4.79 Å². The minimum Gasteiger partial charge on any atom is -0.326 e. The zero-order valence-electron chi connectivity index (χ0n) is 10.7. The number of carbonyl (C=O) groups excluding carboxylic acids is 1. The van der Waals surface area contributed by atoms with E-state index in [-0.39, 0.29) is 18.3 Å². The van der Waals surface area contributed by atoms with E-state index in [2.05, 4.69) is 10.6 Å². The number of rotatable bonds is 4. The number of anilines is 1. The molecule has 1 aliphatic rings. The van der Waals surface area contributed by atoms with Gasteiger partial charge in [0.15, 0.2) is 0 Å². The van der Waals surface area contributed by atoms with E-state index in [0.29, 0.717) is 12.3 Å². The van der Waals surface area contributed by atoms with Crippen molar-refractivity contribution >= 4 is 24.0 Å². The van der Waals surface area contributed by atoms with Gasteiger partial charge in [-0.25, -0.2) is 0 Å². The third kappa shape index (κ3) is 4.67. The summed E-state index contributed by atoms with van der Waals surface area (Å²) >= 11 is 0. The lowest BCUT2D eigenvalue weighted by Gasteiger charge is -2.09. The molecule has 1 unspecified atom stereocenters. The lowest BCUT2D eigenvalue weighted by atomic mass is 10.0. The second-order valence-corrected chi connectivity index (χ2v) is 4.82. The van der Waals surface area contributed by atoms with E-state index in [1.54, 1.807) is 0 Å². The minimum atomic E-state index is 0. The molecule has 1 heterocycles. The van der Waals surface area contributed by atoms with Crippen LogP contribution in [0.3, 0.4) is 0 Å². The van der Waals surface area contributed by atoms with Crippen molar-refractivity contribution in [2.75, 3.05) is 18.4 Å². The quantitative estimate of drug-likeness (QED) is 0.882. The molecular weight excluding hydrogens is 248 g/mol. The number of carbonyl (C=O) groups is 1. The molecule has 1 fully saturated rings. The molecule has 0 bridgehead atoms. The van der Waals surface area contributed by atoms with Crippen molar-refractivity contribution in [2.45, 2.75) is 26.2 Å². The van der Waals surface area contributed by atoms with Crippen LogP contribution in [0.5, 0.6) is 0 Å². The van der Waals surface area contributed by atoms with E-state index >= 15 is 0 Å². The van der Waals surface area contributed by atoms with Gasteiger partial charge in [0.1, 0.15) is 0 Å². The molecule has 1 saturated heterocycles. The fourth-order valence-corrected chi connectivity index (χ4v) is 2.24. The molecule has 2 rings (SSSR count). The Kier molecular flexibility index (Phi) is 6.16. The molecule has 3 nitrogen and oxygen atoms in total. The first-order chi connectivity index (χ1) is 8.24. The van der Waals surface area contributed by atoms with Gasteiger partial charge in [0, 0.05) is 12.1 Å². The van der Waals surface area contributed by atoms with Gasteiger partial charge in [0.2, 0.25) is 5.91 Å². The summed E-state index contributed by atoms with van der Waals surface area (Å²) in [4.78, 5) is 11.7. The molecule has 0 radical (unpaired) electrons. The molecule has 1 aliphatic heterocycles. The van der Waals surface area contributed by atoms with E-state index in [4.69, 9.17) is 0 Å². The summed E-state index contributed by atoms with van der Waals surface area (Å²) in [6.07, 6.45) is 2.82. The number of hydrogen-bond donors (Lipinski definition) is 2. The summed E-state index contributed by atoms with van der Waals surface area (Å²) in [5.74, 6) is 0.806. The van der Waals surface area contributed by atoms with Crippen molar-refractivity contribution < 1.29 is 4.79 Å².